The maximum absolute atomic E-state index is 13.9. The van der Waals surface area contributed by atoms with E-state index in [1.54, 1.807) is 18.3 Å². The molecule has 1 amide bonds. The Morgan fingerprint density at radius 2 is 1.90 bits per heavy atom. The predicted molar refractivity (Wildman–Crippen MR) is 114 cm³/mol. The van der Waals surface area contributed by atoms with Crippen molar-refractivity contribution in [2.45, 2.75) is 50.5 Å². The smallest absolute Gasteiger partial charge is 0.220 e. The normalized spacial score (nSPS) is 21.8. The van der Waals surface area contributed by atoms with Crippen LogP contribution in [0.2, 0.25) is 5.02 Å². The molecule has 0 saturated heterocycles. The number of amides is 1. The Morgan fingerprint density at radius 3 is 2.59 bits per heavy atom. The third-order valence-corrected chi connectivity index (χ3v) is 6.36. The highest BCUT2D eigenvalue weighted by atomic mass is 35.5. The number of hydrogen-bond acceptors (Lipinski definition) is 2. The lowest BCUT2D eigenvalue weighted by Crippen LogP contribution is -2.47. The molecule has 2 aromatic carbocycles. The molecule has 0 spiro atoms. The van der Waals surface area contributed by atoms with Crippen LogP contribution in [0.1, 0.15) is 56.1 Å². The van der Waals surface area contributed by atoms with Crippen LogP contribution in [0.4, 0.5) is 4.39 Å². The zero-order valence-electron chi connectivity index (χ0n) is 16.4. The molecule has 5 heteroatoms. The van der Waals surface area contributed by atoms with Crippen molar-refractivity contribution in [3.05, 3.63) is 76.7 Å². The van der Waals surface area contributed by atoms with Gasteiger partial charge in [-0.1, -0.05) is 30.7 Å². The topological polar surface area (TPSA) is 42.0 Å². The first-order valence-electron chi connectivity index (χ1n) is 10.1. The van der Waals surface area contributed by atoms with E-state index in [9.17, 15) is 9.18 Å². The number of nitrogens with one attached hydrogen (secondary N) is 1. The minimum Gasteiger partial charge on any atom is -0.347 e. The van der Waals surface area contributed by atoms with Crippen LogP contribution < -0.4 is 5.32 Å². The second-order valence-electron chi connectivity index (χ2n) is 7.83. The van der Waals surface area contributed by atoms with Crippen LogP contribution in [0.15, 0.2) is 54.7 Å². The number of fused-ring (bicyclic) bond motifs is 1. The van der Waals surface area contributed by atoms with Crippen LogP contribution in [-0.2, 0) is 10.3 Å². The molecule has 0 bridgehead atoms. The van der Waals surface area contributed by atoms with Crippen molar-refractivity contribution in [1.29, 1.82) is 0 Å². The number of pyridine rings is 1. The summed E-state index contributed by atoms with van der Waals surface area (Å²) in [4.78, 5) is 16.7. The highest BCUT2D eigenvalue weighted by Crippen LogP contribution is 2.45. The van der Waals surface area contributed by atoms with E-state index in [4.69, 9.17) is 11.6 Å². The lowest BCUT2D eigenvalue weighted by molar-refractivity contribution is -0.123. The van der Waals surface area contributed by atoms with Crippen LogP contribution in [-0.4, -0.2) is 10.9 Å². The first kappa shape index (κ1) is 19.8. The standard InChI is InChI=1S/C24H24ClFN2O/c1-2-23(29)28-24(17-3-5-18(25)6-4-17)12-9-16(10-13-24)20-11-14-27-22-8-7-19(26)15-21(20)22/h3-8,11,14-16H,2,9-10,12-13H2,1H3,(H,28,29). The molecule has 1 fully saturated rings. The van der Waals surface area contributed by atoms with Gasteiger partial charge >= 0.3 is 0 Å². The Labute approximate surface area is 175 Å². The Kier molecular flexibility index (Phi) is 5.55. The summed E-state index contributed by atoms with van der Waals surface area (Å²) in [7, 11) is 0. The van der Waals surface area contributed by atoms with Gasteiger partial charge in [0.1, 0.15) is 5.82 Å². The SMILES string of the molecule is CCC(=O)NC1(c2ccc(Cl)cc2)CCC(c2ccnc3ccc(F)cc23)CC1. The summed E-state index contributed by atoms with van der Waals surface area (Å²) in [6.45, 7) is 1.87. The maximum Gasteiger partial charge on any atom is 0.220 e. The van der Waals surface area contributed by atoms with Crippen molar-refractivity contribution < 1.29 is 9.18 Å². The third-order valence-electron chi connectivity index (χ3n) is 6.11. The van der Waals surface area contributed by atoms with Crippen molar-refractivity contribution in [3.63, 3.8) is 0 Å². The van der Waals surface area contributed by atoms with E-state index in [1.165, 1.54) is 6.07 Å². The van der Waals surface area contributed by atoms with Crippen molar-refractivity contribution >= 4 is 28.4 Å². The molecular formula is C24H24ClFN2O. The predicted octanol–water partition coefficient (Wildman–Crippen LogP) is 6.11. The second kappa shape index (κ2) is 8.11. The van der Waals surface area contributed by atoms with Gasteiger partial charge in [-0.15, -0.1) is 0 Å². The number of rotatable bonds is 4. The van der Waals surface area contributed by atoms with E-state index in [2.05, 4.69) is 10.3 Å². The van der Waals surface area contributed by atoms with Gasteiger partial charge in [0, 0.05) is 23.0 Å². The van der Waals surface area contributed by atoms with Crippen molar-refractivity contribution in [3.8, 4) is 0 Å². The van der Waals surface area contributed by atoms with Crippen LogP contribution in [0.3, 0.4) is 0 Å². The monoisotopic (exact) mass is 410 g/mol. The molecule has 29 heavy (non-hydrogen) atoms. The van der Waals surface area contributed by atoms with Gasteiger partial charge in [-0.25, -0.2) is 4.39 Å². The highest BCUT2D eigenvalue weighted by molar-refractivity contribution is 6.30. The van der Waals surface area contributed by atoms with Gasteiger partial charge in [0.15, 0.2) is 0 Å². The van der Waals surface area contributed by atoms with Crippen LogP contribution in [0.25, 0.3) is 10.9 Å². The largest absolute Gasteiger partial charge is 0.347 e. The quantitative estimate of drug-likeness (QED) is 0.564. The summed E-state index contributed by atoms with van der Waals surface area (Å²) in [5.41, 5.74) is 2.66. The van der Waals surface area contributed by atoms with E-state index in [-0.39, 0.29) is 17.3 Å². The molecule has 3 aromatic rings. The molecule has 0 aliphatic heterocycles. The van der Waals surface area contributed by atoms with E-state index in [0.29, 0.717) is 17.4 Å². The number of carbonyl (C=O) groups is 1. The fraction of sp³-hybridized carbons (Fsp3) is 0.333. The molecule has 4 rings (SSSR count). The number of halogens is 2. The summed E-state index contributed by atoms with van der Waals surface area (Å²) in [6.07, 6.45) is 5.71. The average Bonchev–Trinajstić information content (AvgIpc) is 2.74. The summed E-state index contributed by atoms with van der Waals surface area (Å²) in [5.74, 6) is 0.115. The first-order chi connectivity index (χ1) is 14.0. The van der Waals surface area contributed by atoms with E-state index < -0.39 is 0 Å². The number of aromatic nitrogens is 1. The lowest BCUT2D eigenvalue weighted by atomic mass is 9.70. The zero-order chi connectivity index (χ0) is 20.4. The van der Waals surface area contributed by atoms with Gasteiger partial charge in [0.25, 0.3) is 0 Å². The highest BCUT2D eigenvalue weighted by Gasteiger charge is 2.38. The maximum atomic E-state index is 13.9. The molecule has 150 valence electrons. The van der Waals surface area contributed by atoms with E-state index in [1.807, 2.05) is 37.3 Å². The average molecular weight is 411 g/mol. The number of benzene rings is 2. The number of carbonyl (C=O) groups excluding carboxylic acids is 1. The molecule has 1 N–H and O–H groups in total. The Hall–Kier alpha value is -2.46. The molecule has 1 heterocycles. The van der Waals surface area contributed by atoms with Crippen molar-refractivity contribution in [2.24, 2.45) is 0 Å². The number of nitrogens with zero attached hydrogens (tertiary/aromatic N) is 1. The Bertz CT molecular complexity index is 1030. The Morgan fingerprint density at radius 1 is 1.17 bits per heavy atom. The van der Waals surface area contributed by atoms with Crippen LogP contribution in [0.5, 0.6) is 0 Å². The molecule has 1 saturated carbocycles. The van der Waals surface area contributed by atoms with E-state index >= 15 is 0 Å². The molecule has 0 radical (unpaired) electrons. The van der Waals surface area contributed by atoms with Gasteiger partial charge in [0.2, 0.25) is 5.91 Å². The van der Waals surface area contributed by atoms with E-state index in [0.717, 1.165) is 47.7 Å². The lowest BCUT2D eigenvalue weighted by Gasteiger charge is -2.42. The molecule has 0 unspecified atom stereocenters. The molecule has 1 aliphatic carbocycles. The number of hydrogen-bond donors (Lipinski definition) is 1. The molecule has 3 nitrogen and oxygen atoms in total. The van der Waals surface area contributed by atoms with Crippen molar-refractivity contribution in [1.82, 2.24) is 10.3 Å². The minimum atomic E-state index is -0.387. The Balaban J connectivity index is 1.64. The molecule has 1 aromatic heterocycles. The van der Waals surface area contributed by atoms with Gasteiger partial charge in [-0.3, -0.25) is 9.78 Å². The van der Waals surface area contributed by atoms with Gasteiger partial charge in [-0.2, -0.15) is 0 Å². The summed E-state index contributed by atoms with van der Waals surface area (Å²) in [6, 6.07) is 14.5. The van der Waals surface area contributed by atoms with Crippen LogP contribution in [0, 0.1) is 5.82 Å². The zero-order valence-corrected chi connectivity index (χ0v) is 17.2. The summed E-state index contributed by atoms with van der Waals surface area (Å²) in [5, 5.41) is 4.85. The molecule has 1 aliphatic rings. The fourth-order valence-electron chi connectivity index (χ4n) is 4.53. The second-order valence-corrected chi connectivity index (χ2v) is 8.26. The van der Waals surface area contributed by atoms with Gasteiger partial charge in [0.05, 0.1) is 11.1 Å². The molecular weight excluding hydrogens is 387 g/mol. The summed E-state index contributed by atoms with van der Waals surface area (Å²) < 4.78 is 13.9. The fourth-order valence-corrected chi connectivity index (χ4v) is 4.65. The van der Waals surface area contributed by atoms with Gasteiger partial charge < -0.3 is 5.32 Å². The van der Waals surface area contributed by atoms with Crippen LogP contribution >= 0.6 is 11.6 Å². The molecule has 0 atom stereocenters. The van der Waals surface area contributed by atoms with Crippen molar-refractivity contribution in [2.75, 3.05) is 0 Å². The third kappa shape index (κ3) is 3.99. The van der Waals surface area contributed by atoms with Gasteiger partial charge in [-0.05, 0) is 79.1 Å². The summed E-state index contributed by atoms with van der Waals surface area (Å²) >= 11 is 6.08. The first-order valence-corrected chi connectivity index (χ1v) is 10.5. The minimum absolute atomic E-state index is 0.0508.